The minimum Gasteiger partial charge on any atom is -0.456 e. The molecule has 3 nitrogen and oxygen atoms in total. The van der Waals surface area contributed by atoms with Gasteiger partial charge in [-0.25, -0.2) is 4.39 Å². The van der Waals surface area contributed by atoms with Crippen LogP contribution in [0.4, 0.5) is 4.39 Å². The number of aromatic nitrogens is 2. The predicted octanol–water partition coefficient (Wildman–Crippen LogP) is 3.60. The van der Waals surface area contributed by atoms with E-state index in [9.17, 15) is 4.39 Å². The van der Waals surface area contributed by atoms with E-state index in [4.69, 9.17) is 4.74 Å². The summed E-state index contributed by atoms with van der Waals surface area (Å²) in [7, 11) is 0. The van der Waals surface area contributed by atoms with Crippen LogP contribution >= 0.6 is 0 Å². The van der Waals surface area contributed by atoms with Crippen LogP contribution in [0.1, 0.15) is 0 Å². The molecule has 0 unspecified atom stereocenters. The number of hydrogen-bond acceptors (Lipinski definition) is 2. The SMILES string of the molecule is Fc1cc(Oc2cccnc2)ccc1-n1c[c]cc1. The first-order valence-corrected chi connectivity index (χ1v) is 5.75. The van der Waals surface area contributed by atoms with Crippen LogP contribution in [-0.2, 0) is 0 Å². The molecule has 2 heterocycles. The molecular weight excluding hydrogens is 243 g/mol. The van der Waals surface area contributed by atoms with Gasteiger partial charge < -0.3 is 9.30 Å². The lowest BCUT2D eigenvalue weighted by Crippen LogP contribution is -1.95. The normalized spacial score (nSPS) is 10.4. The Hall–Kier alpha value is -2.62. The van der Waals surface area contributed by atoms with Crippen molar-refractivity contribution in [1.29, 1.82) is 0 Å². The zero-order valence-corrected chi connectivity index (χ0v) is 9.95. The summed E-state index contributed by atoms with van der Waals surface area (Å²) in [5, 5.41) is 0. The molecular formula is C15H10FN2O. The van der Waals surface area contributed by atoms with Gasteiger partial charge in [-0.3, -0.25) is 4.98 Å². The third kappa shape index (κ3) is 2.47. The summed E-state index contributed by atoms with van der Waals surface area (Å²) >= 11 is 0. The highest BCUT2D eigenvalue weighted by Gasteiger charge is 2.06. The van der Waals surface area contributed by atoms with Gasteiger partial charge in [0.05, 0.1) is 11.9 Å². The molecule has 0 aliphatic carbocycles. The second-order valence-corrected chi connectivity index (χ2v) is 3.92. The zero-order valence-electron chi connectivity index (χ0n) is 9.95. The number of benzene rings is 1. The highest BCUT2D eigenvalue weighted by atomic mass is 19.1. The summed E-state index contributed by atoms with van der Waals surface area (Å²) in [5.74, 6) is 0.653. The maximum Gasteiger partial charge on any atom is 0.150 e. The lowest BCUT2D eigenvalue weighted by Gasteiger charge is -2.08. The third-order valence-electron chi connectivity index (χ3n) is 2.61. The lowest BCUT2D eigenvalue weighted by molar-refractivity contribution is 0.474. The minimum absolute atomic E-state index is 0.356. The van der Waals surface area contributed by atoms with Crippen molar-refractivity contribution >= 4 is 0 Å². The molecule has 4 heteroatoms. The molecule has 0 bridgehead atoms. The van der Waals surface area contributed by atoms with Crippen LogP contribution in [0.5, 0.6) is 11.5 Å². The second kappa shape index (κ2) is 4.94. The number of rotatable bonds is 3. The topological polar surface area (TPSA) is 27.1 Å². The second-order valence-electron chi connectivity index (χ2n) is 3.92. The van der Waals surface area contributed by atoms with Gasteiger partial charge in [0.2, 0.25) is 0 Å². The Kier molecular flexibility index (Phi) is 2.98. The van der Waals surface area contributed by atoms with Crippen molar-refractivity contribution in [2.75, 3.05) is 0 Å². The van der Waals surface area contributed by atoms with Gasteiger partial charge in [-0.15, -0.1) is 0 Å². The molecule has 1 radical (unpaired) electrons. The summed E-state index contributed by atoms with van der Waals surface area (Å²) < 4.78 is 21.2. The fourth-order valence-corrected chi connectivity index (χ4v) is 1.74. The average Bonchev–Trinajstić information content (AvgIpc) is 2.94. The van der Waals surface area contributed by atoms with E-state index < -0.39 is 0 Å². The van der Waals surface area contributed by atoms with Crippen molar-refractivity contribution in [3.05, 3.63) is 73.1 Å². The van der Waals surface area contributed by atoms with Crippen molar-refractivity contribution in [2.45, 2.75) is 0 Å². The summed E-state index contributed by atoms with van der Waals surface area (Å²) in [6.07, 6.45) is 6.63. The molecule has 19 heavy (non-hydrogen) atoms. The maximum atomic E-state index is 14.0. The van der Waals surface area contributed by atoms with Crippen molar-refractivity contribution < 1.29 is 9.13 Å². The largest absolute Gasteiger partial charge is 0.456 e. The van der Waals surface area contributed by atoms with Gasteiger partial charge in [0.1, 0.15) is 11.5 Å². The molecule has 0 saturated heterocycles. The Morgan fingerprint density at radius 2 is 2.16 bits per heavy atom. The number of pyridine rings is 1. The van der Waals surface area contributed by atoms with Crippen LogP contribution in [0.15, 0.2) is 61.2 Å². The molecule has 0 N–H and O–H groups in total. The van der Waals surface area contributed by atoms with E-state index in [-0.39, 0.29) is 5.82 Å². The van der Waals surface area contributed by atoms with Crippen LogP contribution < -0.4 is 4.74 Å². The molecule has 0 fully saturated rings. The minimum atomic E-state index is -0.356. The van der Waals surface area contributed by atoms with Crippen molar-refractivity contribution in [3.63, 3.8) is 0 Å². The molecule has 3 rings (SSSR count). The van der Waals surface area contributed by atoms with E-state index >= 15 is 0 Å². The molecule has 93 valence electrons. The Morgan fingerprint density at radius 3 is 2.84 bits per heavy atom. The number of halogens is 1. The van der Waals surface area contributed by atoms with E-state index in [1.807, 2.05) is 0 Å². The van der Waals surface area contributed by atoms with Crippen molar-refractivity contribution in [1.82, 2.24) is 9.55 Å². The van der Waals surface area contributed by atoms with Crippen LogP contribution in [0.25, 0.3) is 5.69 Å². The standard InChI is InChI=1S/C15H10FN2O/c16-14-10-12(19-13-4-3-7-17-11-13)5-6-15(14)18-8-1-2-9-18/h1,3-11H. The maximum absolute atomic E-state index is 14.0. The molecule has 0 spiro atoms. The van der Waals surface area contributed by atoms with Crippen LogP contribution in [0, 0.1) is 11.9 Å². The predicted molar refractivity (Wildman–Crippen MR) is 68.9 cm³/mol. The molecule has 3 aromatic rings. The molecule has 2 aromatic heterocycles. The fourth-order valence-electron chi connectivity index (χ4n) is 1.74. The first-order chi connectivity index (χ1) is 9.33. The first kappa shape index (κ1) is 11.5. The van der Waals surface area contributed by atoms with E-state index in [1.165, 1.54) is 6.07 Å². The van der Waals surface area contributed by atoms with E-state index in [0.717, 1.165) is 0 Å². The van der Waals surface area contributed by atoms with Gasteiger partial charge in [0.15, 0.2) is 5.82 Å². The van der Waals surface area contributed by atoms with Gasteiger partial charge in [-0.1, -0.05) is 0 Å². The number of ether oxygens (including phenoxy) is 1. The average molecular weight is 253 g/mol. The van der Waals surface area contributed by atoms with Gasteiger partial charge in [0.25, 0.3) is 0 Å². The lowest BCUT2D eigenvalue weighted by atomic mass is 10.3. The van der Waals surface area contributed by atoms with E-state index in [1.54, 1.807) is 59.7 Å². The third-order valence-corrected chi connectivity index (χ3v) is 2.61. The Bertz CT molecular complexity index is 666. The van der Waals surface area contributed by atoms with Gasteiger partial charge in [-0.05, 0) is 30.3 Å². The summed E-state index contributed by atoms with van der Waals surface area (Å²) in [6, 6.07) is 12.8. The summed E-state index contributed by atoms with van der Waals surface area (Å²) in [4.78, 5) is 3.93. The number of hydrogen-bond donors (Lipinski definition) is 0. The van der Waals surface area contributed by atoms with E-state index in [0.29, 0.717) is 17.2 Å². The summed E-state index contributed by atoms with van der Waals surface area (Å²) in [6.45, 7) is 0. The Morgan fingerprint density at radius 1 is 1.21 bits per heavy atom. The quantitative estimate of drug-likeness (QED) is 0.713. The Labute approximate surface area is 109 Å². The zero-order chi connectivity index (χ0) is 13.1. The highest BCUT2D eigenvalue weighted by Crippen LogP contribution is 2.24. The number of nitrogens with zero attached hydrogens (tertiary/aromatic N) is 2. The molecule has 0 aliphatic heterocycles. The van der Waals surface area contributed by atoms with Crippen LogP contribution in [0.3, 0.4) is 0 Å². The van der Waals surface area contributed by atoms with Crippen LogP contribution in [0.2, 0.25) is 0 Å². The van der Waals surface area contributed by atoms with Gasteiger partial charge in [-0.2, -0.15) is 0 Å². The molecule has 0 amide bonds. The summed E-state index contributed by atoms with van der Waals surface area (Å²) in [5.41, 5.74) is 0.458. The first-order valence-electron chi connectivity index (χ1n) is 5.75. The molecule has 1 aromatic carbocycles. The van der Waals surface area contributed by atoms with Gasteiger partial charge in [0, 0.05) is 30.7 Å². The highest BCUT2D eigenvalue weighted by molar-refractivity contribution is 5.41. The molecule has 0 aliphatic rings. The monoisotopic (exact) mass is 253 g/mol. The fraction of sp³-hybridized carbons (Fsp3) is 0. The van der Waals surface area contributed by atoms with Gasteiger partial charge >= 0.3 is 0 Å². The Balaban J connectivity index is 1.88. The smallest absolute Gasteiger partial charge is 0.150 e. The van der Waals surface area contributed by atoms with Crippen molar-refractivity contribution in [3.8, 4) is 17.2 Å². The van der Waals surface area contributed by atoms with Crippen LogP contribution in [-0.4, -0.2) is 9.55 Å². The molecule has 0 atom stereocenters. The van der Waals surface area contributed by atoms with E-state index in [2.05, 4.69) is 11.1 Å². The molecule has 0 saturated carbocycles. The van der Waals surface area contributed by atoms with Crippen molar-refractivity contribution in [2.24, 2.45) is 0 Å².